The number of amides is 1. The molecule has 0 aliphatic carbocycles. The molecule has 4 N–H and O–H groups in total. The molecule has 1 heterocycles. The van der Waals surface area contributed by atoms with Gasteiger partial charge in [0.1, 0.15) is 11.4 Å². The summed E-state index contributed by atoms with van der Waals surface area (Å²) in [6, 6.07) is 0. The summed E-state index contributed by atoms with van der Waals surface area (Å²) in [7, 11) is 0. The Labute approximate surface area is 83.1 Å². The maximum Gasteiger partial charge on any atom is 0.239 e. The zero-order chi connectivity index (χ0) is 10.8. The Morgan fingerprint density at radius 2 is 2.36 bits per heavy atom. The van der Waals surface area contributed by atoms with E-state index in [0.29, 0.717) is 6.54 Å². The summed E-state index contributed by atoms with van der Waals surface area (Å²) in [5, 5.41) is 0. The molecule has 14 heavy (non-hydrogen) atoms. The smallest absolute Gasteiger partial charge is 0.239 e. The van der Waals surface area contributed by atoms with Crippen molar-refractivity contribution in [3.8, 4) is 0 Å². The molecule has 0 fully saturated rings. The van der Waals surface area contributed by atoms with Crippen molar-refractivity contribution in [3.05, 3.63) is 18.2 Å². The summed E-state index contributed by atoms with van der Waals surface area (Å²) in [6.07, 6.45) is 4.30. The molecule has 0 aliphatic rings. The van der Waals surface area contributed by atoms with Crippen LogP contribution in [0.25, 0.3) is 0 Å². The van der Waals surface area contributed by atoms with Crippen molar-refractivity contribution in [1.82, 2.24) is 9.55 Å². The highest BCUT2D eigenvalue weighted by Crippen LogP contribution is 2.06. The first-order valence-corrected chi connectivity index (χ1v) is 4.56. The molecule has 78 valence electrons. The predicted molar refractivity (Wildman–Crippen MR) is 53.4 cm³/mol. The highest BCUT2D eigenvalue weighted by Gasteiger charge is 2.26. The first-order valence-electron chi connectivity index (χ1n) is 4.56. The van der Waals surface area contributed by atoms with Gasteiger partial charge in [-0.25, -0.2) is 4.98 Å². The number of rotatable bonds is 4. The number of hydrogen-bond donors (Lipinski definition) is 2. The zero-order valence-corrected chi connectivity index (χ0v) is 8.53. The van der Waals surface area contributed by atoms with Crippen molar-refractivity contribution >= 4 is 5.91 Å². The van der Waals surface area contributed by atoms with Crippen LogP contribution in [0.2, 0.25) is 0 Å². The lowest BCUT2D eigenvalue weighted by atomic mass is 10.0. The first kappa shape index (κ1) is 10.7. The van der Waals surface area contributed by atoms with Gasteiger partial charge in [-0.15, -0.1) is 0 Å². The van der Waals surface area contributed by atoms with Gasteiger partial charge >= 0.3 is 0 Å². The number of carbonyl (C=O) groups excluding carboxylic acids is 1. The van der Waals surface area contributed by atoms with Crippen molar-refractivity contribution in [2.75, 3.05) is 0 Å². The first-order chi connectivity index (χ1) is 6.47. The number of nitrogens with two attached hydrogens (primary N) is 2. The Bertz CT molecular complexity index is 329. The summed E-state index contributed by atoms with van der Waals surface area (Å²) < 4.78 is 1.85. The summed E-state index contributed by atoms with van der Waals surface area (Å²) in [6.45, 7) is 3.98. The molecular formula is C9H16N4O. The molecule has 1 rings (SSSR count). The number of aryl methyl sites for hydroxylation is 1. The van der Waals surface area contributed by atoms with Crippen molar-refractivity contribution in [2.45, 2.75) is 32.4 Å². The van der Waals surface area contributed by atoms with Gasteiger partial charge in [0, 0.05) is 18.8 Å². The molecule has 0 radical (unpaired) electrons. The van der Waals surface area contributed by atoms with Gasteiger partial charge in [0.25, 0.3) is 0 Å². The van der Waals surface area contributed by atoms with Crippen molar-refractivity contribution in [1.29, 1.82) is 0 Å². The molecule has 5 nitrogen and oxygen atoms in total. The molecule has 1 atom stereocenters. The van der Waals surface area contributed by atoms with Gasteiger partial charge in [0.15, 0.2) is 0 Å². The molecule has 5 heteroatoms. The summed E-state index contributed by atoms with van der Waals surface area (Å²) >= 11 is 0. The van der Waals surface area contributed by atoms with Crippen LogP contribution in [0.15, 0.2) is 12.4 Å². The van der Waals surface area contributed by atoms with Crippen LogP contribution in [0.3, 0.4) is 0 Å². The monoisotopic (exact) mass is 196 g/mol. The Kier molecular flexibility index (Phi) is 2.90. The highest BCUT2D eigenvalue weighted by atomic mass is 16.1. The van der Waals surface area contributed by atoms with Crippen LogP contribution in [0.1, 0.15) is 19.7 Å². The molecule has 1 aromatic heterocycles. The summed E-state index contributed by atoms with van der Waals surface area (Å²) in [5.41, 5.74) is 9.91. The van der Waals surface area contributed by atoms with Gasteiger partial charge in [-0.3, -0.25) is 4.79 Å². The van der Waals surface area contributed by atoms with Crippen molar-refractivity contribution < 1.29 is 4.79 Å². The van der Waals surface area contributed by atoms with Gasteiger partial charge in [0.2, 0.25) is 5.91 Å². The maximum absolute atomic E-state index is 11.0. The Hall–Kier alpha value is -1.36. The third kappa shape index (κ3) is 2.11. The number of aromatic nitrogens is 2. The average Bonchev–Trinajstić information content (AvgIpc) is 2.50. The minimum atomic E-state index is -1.02. The van der Waals surface area contributed by atoms with Crippen molar-refractivity contribution in [2.24, 2.45) is 11.5 Å². The van der Waals surface area contributed by atoms with Crippen molar-refractivity contribution in [3.63, 3.8) is 0 Å². The predicted octanol–water partition coefficient (Wildman–Crippen LogP) is -0.352. The molecular weight excluding hydrogens is 180 g/mol. The SMILES string of the molecule is CCc1nccn1CC(C)(N)C(N)=O. The highest BCUT2D eigenvalue weighted by molar-refractivity contribution is 5.83. The molecule has 1 amide bonds. The normalized spacial score (nSPS) is 15.1. The standard InChI is InChI=1S/C9H16N4O/c1-3-7-12-4-5-13(7)6-9(2,11)8(10)14/h4-5H,3,6,11H2,1-2H3,(H2,10,14). The van der Waals surface area contributed by atoms with E-state index in [4.69, 9.17) is 11.5 Å². The molecule has 0 bridgehead atoms. The fourth-order valence-corrected chi connectivity index (χ4v) is 1.23. The quantitative estimate of drug-likeness (QED) is 0.690. The molecule has 0 aliphatic heterocycles. The van der Waals surface area contributed by atoms with E-state index in [1.165, 1.54) is 0 Å². The second-order valence-corrected chi connectivity index (χ2v) is 3.61. The largest absolute Gasteiger partial charge is 0.368 e. The van der Waals surface area contributed by atoms with E-state index in [9.17, 15) is 4.79 Å². The van der Waals surface area contributed by atoms with E-state index in [1.54, 1.807) is 19.3 Å². The van der Waals surface area contributed by atoms with Crippen LogP contribution >= 0.6 is 0 Å². The molecule has 0 spiro atoms. The summed E-state index contributed by atoms with van der Waals surface area (Å²) in [5.74, 6) is 0.399. The van der Waals surface area contributed by atoms with E-state index in [2.05, 4.69) is 4.98 Å². The van der Waals surface area contributed by atoms with Crippen LogP contribution in [0, 0.1) is 0 Å². The average molecular weight is 196 g/mol. The lowest BCUT2D eigenvalue weighted by molar-refractivity contribution is -0.123. The van der Waals surface area contributed by atoms with Gasteiger partial charge in [-0.05, 0) is 6.92 Å². The topological polar surface area (TPSA) is 86.9 Å². The Balaban J connectivity index is 2.83. The van der Waals surface area contributed by atoms with Gasteiger partial charge in [0.05, 0.1) is 6.54 Å². The molecule has 1 aromatic rings. The second kappa shape index (κ2) is 3.79. The van der Waals surface area contributed by atoms with E-state index in [-0.39, 0.29) is 0 Å². The van der Waals surface area contributed by atoms with Gasteiger partial charge in [-0.1, -0.05) is 6.92 Å². The van der Waals surface area contributed by atoms with Crippen LogP contribution in [-0.4, -0.2) is 21.0 Å². The fraction of sp³-hybridized carbons (Fsp3) is 0.556. The van der Waals surface area contributed by atoms with Crippen LogP contribution < -0.4 is 11.5 Å². The van der Waals surface area contributed by atoms with Gasteiger partial charge < -0.3 is 16.0 Å². The lowest BCUT2D eigenvalue weighted by Crippen LogP contribution is -2.52. The minimum absolute atomic E-state index is 0.367. The lowest BCUT2D eigenvalue weighted by Gasteiger charge is -2.21. The zero-order valence-electron chi connectivity index (χ0n) is 8.53. The maximum atomic E-state index is 11.0. The molecule has 0 aromatic carbocycles. The third-order valence-electron chi connectivity index (χ3n) is 2.18. The van der Waals surface area contributed by atoms with E-state index >= 15 is 0 Å². The number of primary amides is 1. The van der Waals surface area contributed by atoms with E-state index < -0.39 is 11.4 Å². The Morgan fingerprint density at radius 1 is 1.71 bits per heavy atom. The summed E-state index contributed by atoms with van der Waals surface area (Å²) in [4.78, 5) is 15.1. The molecule has 0 saturated heterocycles. The number of carbonyl (C=O) groups is 1. The van der Waals surface area contributed by atoms with E-state index in [1.807, 2.05) is 11.5 Å². The third-order valence-corrected chi connectivity index (χ3v) is 2.18. The van der Waals surface area contributed by atoms with Crippen LogP contribution in [-0.2, 0) is 17.8 Å². The fourth-order valence-electron chi connectivity index (χ4n) is 1.23. The van der Waals surface area contributed by atoms with Crippen LogP contribution in [0.5, 0.6) is 0 Å². The number of imidazole rings is 1. The molecule has 1 unspecified atom stereocenters. The Morgan fingerprint density at radius 3 is 2.86 bits per heavy atom. The van der Waals surface area contributed by atoms with E-state index in [0.717, 1.165) is 12.2 Å². The van der Waals surface area contributed by atoms with Crippen LogP contribution in [0.4, 0.5) is 0 Å². The number of hydrogen-bond acceptors (Lipinski definition) is 3. The number of nitrogens with zero attached hydrogens (tertiary/aromatic N) is 2. The second-order valence-electron chi connectivity index (χ2n) is 3.61. The van der Waals surface area contributed by atoms with Gasteiger partial charge in [-0.2, -0.15) is 0 Å². The molecule has 0 saturated carbocycles. The minimum Gasteiger partial charge on any atom is -0.368 e.